The first-order valence-corrected chi connectivity index (χ1v) is 9.81. The summed E-state index contributed by atoms with van der Waals surface area (Å²) in [6, 6.07) is 5.72. The number of aromatic nitrogens is 4. The molecule has 0 amide bonds. The van der Waals surface area contributed by atoms with Gasteiger partial charge >= 0.3 is 0 Å². The van der Waals surface area contributed by atoms with Gasteiger partial charge in [-0.3, -0.25) is 9.67 Å². The Balaban J connectivity index is 1.69. The van der Waals surface area contributed by atoms with Crippen molar-refractivity contribution in [3.8, 4) is 11.3 Å². The Morgan fingerprint density at radius 2 is 1.92 bits per heavy atom. The molecule has 0 aromatic carbocycles. The summed E-state index contributed by atoms with van der Waals surface area (Å²) in [6.07, 6.45) is 4.12. The lowest BCUT2D eigenvalue weighted by Gasteiger charge is -2.19. The van der Waals surface area contributed by atoms with E-state index in [0.717, 1.165) is 17.0 Å². The number of hydrogen-bond acceptors (Lipinski definition) is 6. The summed E-state index contributed by atoms with van der Waals surface area (Å²) in [5.41, 5.74) is 3.03. The van der Waals surface area contributed by atoms with Crippen LogP contribution in [0.15, 0.2) is 40.0 Å². The van der Waals surface area contributed by atoms with E-state index in [-0.39, 0.29) is 11.4 Å². The van der Waals surface area contributed by atoms with E-state index in [1.807, 2.05) is 22.9 Å². The van der Waals surface area contributed by atoms with Crippen LogP contribution >= 0.6 is 0 Å². The monoisotopic (exact) mass is 373 g/mol. The normalized spacial score (nSPS) is 15.6. The average molecular weight is 373 g/mol. The van der Waals surface area contributed by atoms with E-state index in [1.54, 1.807) is 26.2 Å². The Labute approximate surface area is 151 Å². The van der Waals surface area contributed by atoms with Gasteiger partial charge < -0.3 is 4.52 Å². The van der Waals surface area contributed by atoms with Crippen molar-refractivity contribution >= 4 is 10.0 Å². The molecule has 0 fully saturated rings. The second-order valence-corrected chi connectivity index (χ2v) is 8.20. The topological polar surface area (TPSA) is 94.1 Å². The molecule has 0 atom stereocenters. The van der Waals surface area contributed by atoms with Crippen LogP contribution in [0.4, 0.5) is 0 Å². The van der Waals surface area contributed by atoms with Gasteiger partial charge in [0.1, 0.15) is 10.6 Å². The van der Waals surface area contributed by atoms with Crippen molar-refractivity contribution in [2.24, 2.45) is 0 Å². The molecule has 0 aliphatic carbocycles. The van der Waals surface area contributed by atoms with Gasteiger partial charge in [-0.1, -0.05) is 5.16 Å². The predicted molar refractivity (Wildman–Crippen MR) is 93.6 cm³/mol. The van der Waals surface area contributed by atoms with Crippen LogP contribution in [-0.4, -0.2) is 39.2 Å². The summed E-state index contributed by atoms with van der Waals surface area (Å²) < 4.78 is 34.7. The summed E-state index contributed by atoms with van der Waals surface area (Å²) in [7, 11) is -3.68. The van der Waals surface area contributed by atoms with Gasteiger partial charge in [0.15, 0.2) is 5.76 Å². The summed E-state index contributed by atoms with van der Waals surface area (Å²) in [5, 5.41) is 8.42. The van der Waals surface area contributed by atoms with Crippen LogP contribution in [0.5, 0.6) is 0 Å². The van der Waals surface area contributed by atoms with Crippen molar-refractivity contribution in [1.29, 1.82) is 0 Å². The molecule has 1 aliphatic rings. The van der Waals surface area contributed by atoms with Crippen LogP contribution in [-0.2, 0) is 23.1 Å². The van der Waals surface area contributed by atoms with Gasteiger partial charge in [0.25, 0.3) is 0 Å². The van der Waals surface area contributed by atoms with Gasteiger partial charge in [-0.05, 0) is 38.5 Å². The van der Waals surface area contributed by atoms with E-state index in [2.05, 4.69) is 15.2 Å². The van der Waals surface area contributed by atoms with Crippen molar-refractivity contribution in [2.75, 3.05) is 6.54 Å². The largest absolute Gasteiger partial charge is 0.360 e. The highest BCUT2D eigenvalue weighted by atomic mass is 32.2. The quantitative estimate of drug-likeness (QED) is 0.698. The van der Waals surface area contributed by atoms with Crippen molar-refractivity contribution in [2.45, 2.75) is 38.3 Å². The zero-order valence-electron chi connectivity index (χ0n) is 14.6. The number of hydrogen-bond donors (Lipinski definition) is 0. The summed E-state index contributed by atoms with van der Waals surface area (Å²) in [6.45, 7) is 4.64. The first kappa shape index (κ1) is 16.9. The molecule has 0 saturated heterocycles. The van der Waals surface area contributed by atoms with Crippen LogP contribution in [0.25, 0.3) is 11.3 Å². The highest BCUT2D eigenvalue weighted by Crippen LogP contribution is 2.28. The maximum Gasteiger partial charge on any atom is 0.248 e. The molecule has 4 heterocycles. The smallest absolute Gasteiger partial charge is 0.248 e. The van der Waals surface area contributed by atoms with Crippen LogP contribution in [0, 0.1) is 13.8 Å². The van der Waals surface area contributed by atoms with Gasteiger partial charge in [0.05, 0.1) is 17.9 Å². The van der Waals surface area contributed by atoms with Crippen molar-refractivity contribution in [1.82, 2.24) is 24.2 Å². The lowest BCUT2D eigenvalue weighted by atomic mass is 10.2. The number of sulfonamides is 1. The van der Waals surface area contributed by atoms with E-state index < -0.39 is 10.0 Å². The molecule has 3 aromatic heterocycles. The highest BCUT2D eigenvalue weighted by molar-refractivity contribution is 7.89. The van der Waals surface area contributed by atoms with E-state index in [9.17, 15) is 8.42 Å². The third-order valence-corrected chi connectivity index (χ3v) is 6.61. The van der Waals surface area contributed by atoms with E-state index in [1.165, 1.54) is 4.31 Å². The van der Waals surface area contributed by atoms with Crippen molar-refractivity contribution in [3.05, 3.63) is 47.7 Å². The molecule has 3 aromatic rings. The molecular weight excluding hydrogens is 354 g/mol. The van der Waals surface area contributed by atoms with Gasteiger partial charge in [-0.25, -0.2) is 8.42 Å². The van der Waals surface area contributed by atoms with E-state index >= 15 is 0 Å². The highest BCUT2D eigenvalue weighted by Gasteiger charge is 2.32. The Morgan fingerprint density at radius 3 is 2.62 bits per heavy atom. The number of pyridine rings is 1. The van der Waals surface area contributed by atoms with E-state index in [0.29, 0.717) is 31.0 Å². The summed E-state index contributed by atoms with van der Waals surface area (Å²) in [5.74, 6) is 0.317. The maximum absolute atomic E-state index is 13.1. The van der Waals surface area contributed by atoms with Crippen molar-refractivity contribution < 1.29 is 12.9 Å². The standard InChI is InChI=1S/C17H19N5O3S/c1-12-17(13(2)25-20-12)26(23,24)21-8-3-9-22-15(11-21)10-16(19-22)14-4-6-18-7-5-14/h4-7,10H,3,8-9,11H2,1-2H3. The zero-order chi connectivity index (χ0) is 18.3. The van der Waals surface area contributed by atoms with Crippen LogP contribution in [0.3, 0.4) is 0 Å². The molecule has 9 heteroatoms. The molecule has 0 spiro atoms. The summed E-state index contributed by atoms with van der Waals surface area (Å²) in [4.78, 5) is 4.19. The Kier molecular flexibility index (Phi) is 4.12. The molecule has 4 rings (SSSR count). The van der Waals surface area contributed by atoms with E-state index in [4.69, 9.17) is 4.52 Å². The molecular formula is C17H19N5O3S. The van der Waals surface area contributed by atoms with Gasteiger partial charge in [0.2, 0.25) is 10.0 Å². The first-order chi connectivity index (χ1) is 12.5. The molecule has 136 valence electrons. The molecule has 0 saturated carbocycles. The fraction of sp³-hybridized carbons (Fsp3) is 0.353. The molecule has 8 nitrogen and oxygen atoms in total. The number of aryl methyl sites for hydroxylation is 3. The minimum absolute atomic E-state index is 0.167. The Bertz CT molecular complexity index is 1020. The SMILES string of the molecule is Cc1noc(C)c1S(=O)(=O)N1CCCn2nc(-c3ccncc3)cc2C1. The number of fused-ring (bicyclic) bond motifs is 1. The van der Waals surface area contributed by atoms with Gasteiger partial charge in [-0.15, -0.1) is 0 Å². The molecule has 0 unspecified atom stereocenters. The molecule has 0 radical (unpaired) electrons. The average Bonchev–Trinajstić information content (AvgIpc) is 3.11. The van der Waals surface area contributed by atoms with Crippen LogP contribution in [0.1, 0.15) is 23.6 Å². The second kappa shape index (κ2) is 6.33. The van der Waals surface area contributed by atoms with Crippen molar-refractivity contribution in [3.63, 3.8) is 0 Å². The Hall–Kier alpha value is -2.52. The first-order valence-electron chi connectivity index (χ1n) is 8.37. The zero-order valence-corrected chi connectivity index (χ0v) is 15.4. The molecule has 26 heavy (non-hydrogen) atoms. The van der Waals surface area contributed by atoms with Crippen LogP contribution < -0.4 is 0 Å². The second-order valence-electron chi connectivity index (χ2n) is 6.33. The number of nitrogens with zero attached hydrogens (tertiary/aromatic N) is 5. The van der Waals surface area contributed by atoms with Gasteiger partial charge in [0, 0.05) is 31.0 Å². The molecule has 1 aliphatic heterocycles. The minimum Gasteiger partial charge on any atom is -0.360 e. The predicted octanol–water partition coefficient (Wildman–Crippen LogP) is 2.14. The van der Waals surface area contributed by atoms with Gasteiger partial charge in [-0.2, -0.15) is 9.40 Å². The fourth-order valence-corrected chi connectivity index (χ4v) is 5.01. The third kappa shape index (κ3) is 2.82. The lowest BCUT2D eigenvalue weighted by Crippen LogP contribution is -2.31. The summed E-state index contributed by atoms with van der Waals surface area (Å²) >= 11 is 0. The fourth-order valence-electron chi connectivity index (χ4n) is 3.27. The number of rotatable bonds is 3. The minimum atomic E-state index is -3.68. The Morgan fingerprint density at radius 1 is 1.15 bits per heavy atom. The molecule has 0 bridgehead atoms. The third-order valence-electron chi connectivity index (χ3n) is 4.52. The lowest BCUT2D eigenvalue weighted by molar-refractivity contribution is 0.387. The molecule has 0 N–H and O–H groups in total. The van der Waals surface area contributed by atoms with Crippen LogP contribution in [0.2, 0.25) is 0 Å². The maximum atomic E-state index is 13.1.